The Labute approximate surface area is 200 Å². The summed E-state index contributed by atoms with van der Waals surface area (Å²) >= 11 is 5.86. The van der Waals surface area contributed by atoms with E-state index in [1.54, 1.807) is 12.1 Å². The highest BCUT2D eigenvalue weighted by molar-refractivity contribution is 6.31. The number of nitro groups is 2. The number of nitrogens with one attached hydrogen (secondary N) is 1. The summed E-state index contributed by atoms with van der Waals surface area (Å²) in [4.78, 5) is 50.3. The van der Waals surface area contributed by atoms with Crippen molar-refractivity contribution in [3.8, 4) is 0 Å². The number of halogens is 1. The number of carbonyl (C=O) groups excluding carboxylic acids is 1. The molecule has 35 heavy (non-hydrogen) atoms. The first-order valence-corrected chi connectivity index (χ1v) is 10.5. The zero-order valence-corrected chi connectivity index (χ0v) is 18.6. The third kappa shape index (κ3) is 4.99. The number of hydrogen-bond donors (Lipinski definition) is 1. The van der Waals surface area contributed by atoms with Crippen LogP contribution in [0.15, 0.2) is 59.8 Å². The molecule has 0 unspecified atom stereocenters. The number of nitrogens with zero attached hydrogens (tertiary/aromatic N) is 6. The second kappa shape index (κ2) is 9.69. The van der Waals surface area contributed by atoms with E-state index in [1.807, 2.05) is 0 Å². The Bertz CT molecular complexity index is 1510. The van der Waals surface area contributed by atoms with Crippen LogP contribution >= 0.6 is 11.6 Å². The average molecular weight is 498 g/mol. The first-order chi connectivity index (χ1) is 16.7. The predicted octanol–water partition coefficient (Wildman–Crippen LogP) is 2.54. The molecule has 4 rings (SSSR count). The average Bonchev–Trinajstić information content (AvgIpc) is 3.24. The number of benzene rings is 2. The molecule has 2 heterocycles. The number of rotatable bonds is 8. The van der Waals surface area contributed by atoms with Crippen LogP contribution in [0.4, 0.5) is 11.4 Å². The van der Waals surface area contributed by atoms with Crippen LogP contribution in [0.25, 0.3) is 11.0 Å². The molecule has 0 saturated carbocycles. The second-order valence-corrected chi connectivity index (χ2v) is 7.82. The van der Waals surface area contributed by atoms with E-state index in [0.717, 1.165) is 6.07 Å². The van der Waals surface area contributed by atoms with Gasteiger partial charge < -0.3 is 5.32 Å². The molecule has 14 heteroatoms. The van der Waals surface area contributed by atoms with Gasteiger partial charge >= 0.3 is 0 Å². The molecule has 0 saturated heterocycles. The Hall–Kier alpha value is -4.65. The molecule has 0 aliphatic rings. The maximum absolute atomic E-state index is 12.8. The van der Waals surface area contributed by atoms with Gasteiger partial charge in [-0.3, -0.25) is 34.4 Å². The summed E-state index contributed by atoms with van der Waals surface area (Å²) in [6.45, 7) is 0.384. The monoisotopic (exact) mass is 497 g/mol. The summed E-state index contributed by atoms with van der Waals surface area (Å²) < 4.78 is 2.79. The van der Waals surface area contributed by atoms with Gasteiger partial charge in [0.15, 0.2) is 5.65 Å². The molecule has 0 spiro atoms. The molecule has 2 aromatic carbocycles. The highest BCUT2D eigenvalue weighted by Gasteiger charge is 2.20. The normalized spacial score (nSPS) is 10.9. The molecule has 1 amide bonds. The SMILES string of the molecule is O=C(NCCn1ncc2c(=O)n(Cc3ccc([N+](=O)[O-])cc3)cnc21)c1cc(Cl)ccc1[N+](=O)[O-]. The van der Waals surface area contributed by atoms with Gasteiger partial charge in [-0.05, 0) is 17.7 Å². The van der Waals surface area contributed by atoms with Crippen molar-refractivity contribution >= 4 is 39.9 Å². The van der Waals surface area contributed by atoms with E-state index < -0.39 is 15.8 Å². The van der Waals surface area contributed by atoms with E-state index in [1.165, 1.54) is 46.0 Å². The second-order valence-electron chi connectivity index (χ2n) is 7.38. The lowest BCUT2D eigenvalue weighted by Gasteiger charge is -2.08. The van der Waals surface area contributed by atoms with Crippen molar-refractivity contribution in [2.75, 3.05) is 6.54 Å². The van der Waals surface area contributed by atoms with Crippen molar-refractivity contribution in [3.63, 3.8) is 0 Å². The van der Waals surface area contributed by atoms with Crippen LogP contribution in [0, 0.1) is 20.2 Å². The highest BCUT2D eigenvalue weighted by Crippen LogP contribution is 2.22. The fourth-order valence-electron chi connectivity index (χ4n) is 3.41. The molecule has 0 aliphatic carbocycles. The van der Waals surface area contributed by atoms with Gasteiger partial charge in [-0.2, -0.15) is 5.10 Å². The van der Waals surface area contributed by atoms with Gasteiger partial charge in [0.1, 0.15) is 17.3 Å². The number of non-ortho nitro benzene ring substituents is 1. The topological polar surface area (TPSA) is 168 Å². The smallest absolute Gasteiger partial charge is 0.282 e. The summed E-state index contributed by atoms with van der Waals surface area (Å²) in [6, 6.07) is 9.53. The standard InChI is InChI=1S/C21H16ClN7O6/c22-14-3-6-18(29(34)35)16(9-14)20(30)23-7-8-27-19-17(10-25-27)21(31)26(12-24-19)11-13-1-4-15(5-2-13)28(32)33/h1-6,9-10,12H,7-8,11H2,(H,23,30). The molecule has 13 nitrogen and oxygen atoms in total. The number of amides is 1. The summed E-state index contributed by atoms with van der Waals surface area (Å²) in [5.74, 6) is -0.672. The minimum Gasteiger partial charge on any atom is -0.350 e. The third-order valence-corrected chi connectivity index (χ3v) is 5.37. The van der Waals surface area contributed by atoms with Crippen LogP contribution < -0.4 is 10.9 Å². The summed E-state index contributed by atoms with van der Waals surface area (Å²) in [5.41, 5.74) is 0.0555. The molecule has 0 aliphatic heterocycles. The molecule has 0 radical (unpaired) electrons. The zero-order chi connectivity index (χ0) is 25.1. The Balaban J connectivity index is 1.46. The zero-order valence-electron chi connectivity index (χ0n) is 17.8. The van der Waals surface area contributed by atoms with Gasteiger partial charge in [-0.1, -0.05) is 23.7 Å². The minimum atomic E-state index is -0.672. The van der Waals surface area contributed by atoms with E-state index in [9.17, 15) is 29.8 Å². The molecular weight excluding hydrogens is 482 g/mol. The number of fused-ring (bicyclic) bond motifs is 1. The Morgan fingerprint density at radius 1 is 1.09 bits per heavy atom. The Kier molecular flexibility index (Phi) is 6.51. The van der Waals surface area contributed by atoms with Crippen molar-refractivity contribution in [2.24, 2.45) is 0 Å². The summed E-state index contributed by atoms with van der Waals surface area (Å²) in [5, 5.41) is 29.1. The largest absolute Gasteiger partial charge is 0.350 e. The summed E-state index contributed by atoms with van der Waals surface area (Å²) in [6.07, 6.45) is 2.71. The molecule has 2 aromatic heterocycles. The maximum Gasteiger partial charge on any atom is 0.282 e. The maximum atomic E-state index is 12.8. The number of nitro benzene ring substituents is 2. The molecule has 1 N–H and O–H groups in total. The van der Waals surface area contributed by atoms with E-state index in [0.29, 0.717) is 11.2 Å². The summed E-state index contributed by atoms with van der Waals surface area (Å²) in [7, 11) is 0. The minimum absolute atomic E-state index is 0.0481. The Morgan fingerprint density at radius 2 is 1.83 bits per heavy atom. The van der Waals surface area contributed by atoms with E-state index in [-0.39, 0.29) is 52.5 Å². The van der Waals surface area contributed by atoms with Gasteiger partial charge in [0.2, 0.25) is 0 Å². The van der Waals surface area contributed by atoms with Gasteiger partial charge in [-0.25, -0.2) is 9.67 Å². The first kappa shape index (κ1) is 23.5. The van der Waals surface area contributed by atoms with Crippen LogP contribution in [-0.4, -0.2) is 41.6 Å². The van der Waals surface area contributed by atoms with Crippen molar-refractivity contribution in [2.45, 2.75) is 13.1 Å². The molecule has 178 valence electrons. The van der Waals surface area contributed by atoms with Crippen LogP contribution in [0.2, 0.25) is 5.02 Å². The third-order valence-electron chi connectivity index (χ3n) is 5.13. The van der Waals surface area contributed by atoms with Gasteiger partial charge in [0.25, 0.3) is 22.8 Å². The van der Waals surface area contributed by atoms with Crippen LogP contribution in [0.1, 0.15) is 15.9 Å². The van der Waals surface area contributed by atoms with E-state index in [4.69, 9.17) is 11.6 Å². The molecule has 0 atom stereocenters. The van der Waals surface area contributed by atoms with Crippen molar-refractivity contribution < 1.29 is 14.6 Å². The first-order valence-electron chi connectivity index (χ1n) is 10.1. The van der Waals surface area contributed by atoms with Gasteiger partial charge in [-0.15, -0.1) is 0 Å². The lowest BCUT2D eigenvalue weighted by atomic mass is 10.1. The molecule has 4 aromatic rings. The number of aromatic nitrogens is 4. The number of carbonyl (C=O) groups is 1. The van der Waals surface area contributed by atoms with Gasteiger partial charge in [0, 0.05) is 29.8 Å². The van der Waals surface area contributed by atoms with Crippen LogP contribution in [-0.2, 0) is 13.1 Å². The fraction of sp³-hybridized carbons (Fsp3) is 0.143. The van der Waals surface area contributed by atoms with Crippen molar-refractivity contribution in [1.29, 1.82) is 0 Å². The van der Waals surface area contributed by atoms with Crippen LogP contribution in [0.5, 0.6) is 0 Å². The quantitative estimate of drug-likeness (QED) is 0.286. The van der Waals surface area contributed by atoms with E-state index in [2.05, 4.69) is 15.4 Å². The fourth-order valence-corrected chi connectivity index (χ4v) is 3.59. The van der Waals surface area contributed by atoms with Crippen molar-refractivity contribution in [1.82, 2.24) is 24.6 Å². The molecule has 0 bridgehead atoms. The van der Waals surface area contributed by atoms with Crippen LogP contribution in [0.3, 0.4) is 0 Å². The molecule has 0 fully saturated rings. The number of hydrogen-bond acceptors (Lipinski definition) is 8. The van der Waals surface area contributed by atoms with Crippen molar-refractivity contribution in [3.05, 3.63) is 102 Å². The Morgan fingerprint density at radius 3 is 2.51 bits per heavy atom. The van der Waals surface area contributed by atoms with Gasteiger partial charge in [0.05, 0.1) is 29.1 Å². The lowest BCUT2D eigenvalue weighted by molar-refractivity contribution is -0.385. The molecular formula is C21H16ClN7O6. The van der Waals surface area contributed by atoms with E-state index >= 15 is 0 Å². The highest BCUT2D eigenvalue weighted by atomic mass is 35.5. The lowest BCUT2D eigenvalue weighted by Crippen LogP contribution is -2.28. The predicted molar refractivity (Wildman–Crippen MR) is 124 cm³/mol.